The molecule has 7 heteroatoms. The number of halogens is 3. The maximum Gasteiger partial charge on any atom is 0.275 e. The van der Waals surface area contributed by atoms with Crippen LogP contribution in [0.5, 0.6) is 11.6 Å². The van der Waals surface area contributed by atoms with Gasteiger partial charge in [-0.3, -0.25) is 4.79 Å². The monoisotopic (exact) mass is 296 g/mol. The highest BCUT2D eigenvalue weighted by Gasteiger charge is 2.35. The Bertz CT molecular complexity index is 670. The number of carbonyl (C=O) groups is 1. The molecule has 0 atom stereocenters. The predicted molar refractivity (Wildman–Crippen MR) is 68.8 cm³/mol. The number of nitrogens with zero attached hydrogens (tertiary/aromatic N) is 1. The molecule has 0 unspecified atom stereocenters. The van der Waals surface area contributed by atoms with E-state index in [1.807, 2.05) is 0 Å². The molecule has 0 spiro atoms. The number of benzene rings is 1. The Morgan fingerprint density at radius 3 is 2.43 bits per heavy atom. The number of pyridine rings is 1. The normalized spacial score (nSPS) is 11.2. The van der Waals surface area contributed by atoms with E-state index in [0.29, 0.717) is 18.7 Å². The van der Waals surface area contributed by atoms with Gasteiger partial charge in [0.05, 0.1) is 5.56 Å². The maximum absolute atomic E-state index is 13.9. The van der Waals surface area contributed by atoms with E-state index in [1.54, 1.807) is 30.3 Å². The van der Waals surface area contributed by atoms with E-state index < -0.39 is 28.9 Å². The third-order valence-corrected chi connectivity index (χ3v) is 2.59. The number of para-hydroxylation sites is 1. The first-order chi connectivity index (χ1) is 9.79. The van der Waals surface area contributed by atoms with E-state index in [0.717, 1.165) is 0 Å². The van der Waals surface area contributed by atoms with Crippen LogP contribution in [0.3, 0.4) is 0 Å². The molecular formula is C14H11F3N2O2. The minimum atomic E-state index is -3.59. The Morgan fingerprint density at radius 1 is 1.29 bits per heavy atom. The number of ether oxygens (including phenoxy) is 1. The van der Waals surface area contributed by atoms with Gasteiger partial charge in [0.1, 0.15) is 17.3 Å². The van der Waals surface area contributed by atoms with Gasteiger partial charge in [0, 0.05) is 13.0 Å². The summed E-state index contributed by atoms with van der Waals surface area (Å²) in [7, 11) is 0. The zero-order valence-electron chi connectivity index (χ0n) is 10.9. The fourth-order valence-corrected chi connectivity index (χ4v) is 1.75. The van der Waals surface area contributed by atoms with Gasteiger partial charge in [-0.1, -0.05) is 18.2 Å². The average molecular weight is 296 g/mol. The van der Waals surface area contributed by atoms with Crippen LogP contribution >= 0.6 is 0 Å². The van der Waals surface area contributed by atoms with Crippen LogP contribution in [-0.2, 0) is 5.92 Å². The first-order valence-electron chi connectivity index (χ1n) is 5.90. The first-order valence-corrected chi connectivity index (χ1v) is 5.90. The van der Waals surface area contributed by atoms with E-state index >= 15 is 0 Å². The van der Waals surface area contributed by atoms with E-state index in [4.69, 9.17) is 10.5 Å². The van der Waals surface area contributed by atoms with E-state index in [2.05, 4.69) is 4.98 Å². The van der Waals surface area contributed by atoms with Crippen LogP contribution in [0.2, 0.25) is 0 Å². The number of amides is 1. The van der Waals surface area contributed by atoms with E-state index in [-0.39, 0.29) is 5.88 Å². The van der Waals surface area contributed by atoms with Gasteiger partial charge in [-0.2, -0.15) is 0 Å². The lowest BCUT2D eigenvalue weighted by molar-refractivity contribution is 0.0121. The second-order valence-corrected chi connectivity index (χ2v) is 4.33. The molecule has 1 amide bonds. The number of hydrogen-bond acceptors (Lipinski definition) is 3. The number of nitrogens with two attached hydrogens (primary N) is 1. The molecule has 2 rings (SSSR count). The Hall–Kier alpha value is -2.57. The molecule has 1 aromatic carbocycles. The number of rotatable bonds is 4. The van der Waals surface area contributed by atoms with Crippen LogP contribution in [0.4, 0.5) is 13.2 Å². The Balaban J connectivity index is 2.49. The van der Waals surface area contributed by atoms with Crippen molar-refractivity contribution in [2.45, 2.75) is 12.8 Å². The summed E-state index contributed by atoms with van der Waals surface area (Å²) in [6, 6.07) is 8.87. The highest BCUT2D eigenvalue weighted by molar-refractivity contribution is 5.92. The highest BCUT2D eigenvalue weighted by Crippen LogP contribution is 2.33. The van der Waals surface area contributed by atoms with Crippen molar-refractivity contribution < 1.29 is 22.7 Å². The molecule has 0 saturated carbocycles. The van der Waals surface area contributed by atoms with Crippen molar-refractivity contribution >= 4 is 5.91 Å². The van der Waals surface area contributed by atoms with Crippen LogP contribution in [0.15, 0.2) is 36.4 Å². The van der Waals surface area contributed by atoms with Crippen LogP contribution in [0, 0.1) is 5.82 Å². The lowest BCUT2D eigenvalue weighted by Crippen LogP contribution is -2.23. The summed E-state index contributed by atoms with van der Waals surface area (Å²) in [5.74, 6) is -6.18. The molecule has 2 N–H and O–H groups in total. The Kier molecular flexibility index (Phi) is 3.84. The van der Waals surface area contributed by atoms with Crippen molar-refractivity contribution in [3.8, 4) is 11.6 Å². The lowest BCUT2D eigenvalue weighted by Gasteiger charge is -2.15. The summed E-state index contributed by atoms with van der Waals surface area (Å²) < 4.78 is 45.8. The quantitative estimate of drug-likeness (QED) is 0.942. The molecule has 4 nitrogen and oxygen atoms in total. The van der Waals surface area contributed by atoms with Gasteiger partial charge in [0.2, 0.25) is 5.88 Å². The number of hydrogen-bond donors (Lipinski definition) is 1. The smallest absolute Gasteiger partial charge is 0.275 e. The van der Waals surface area contributed by atoms with Gasteiger partial charge in [-0.15, -0.1) is 0 Å². The number of alkyl halides is 2. The van der Waals surface area contributed by atoms with Crippen molar-refractivity contribution in [3.63, 3.8) is 0 Å². The Labute approximate surface area is 118 Å². The van der Waals surface area contributed by atoms with E-state index in [9.17, 15) is 18.0 Å². The molecule has 0 aliphatic rings. The number of primary amides is 1. The highest BCUT2D eigenvalue weighted by atomic mass is 19.3. The average Bonchev–Trinajstić information content (AvgIpc) is 2.37. The molecule has 0 bridgehead atoms. The minimum Gasteiger partial charge on any atom is -0.439 e. The largest absolute Gasteiger partial charge is 0.439 e. The van der Waals surface area contributed by atoms with Gasteiger partial charge in [0.15, 0.2) is 0 Å². The van der Waals surface area contributed by atoms with Crippen molar-refractivity contribution in [2.75, 3.05) is 0 Å². The molecule has 0 aliphatic carbocycles. The number of aromatic nitrogens is 1. The molecular weight excluding hydrogens is 285 g/mol. The fourth-order valence-electron chi connectivity index (χ4n) is 1.75. The summed E-state index contributed by atoms with van der Waals surface area (Å²) >= 11 is 0. The summed E-state index contributed by atoms with van der Waals surface area (Å²) in [6.07, 6.45) is 0. The molecule has 1 aromatic heterocycles. The third-order valence-electron chi connectivity index (χ3n) is 2.59. The van der Waals surface area contributed by atoms with Crippen molar-refractivity contribution in [1.82, 2.24) is 4.98 Å². The SMILES string of the molecule is CC(F)(F)c1c(F)cc(Oc2ccccc2)nc1C(N)=O. The molecule has 0 saturated heterocycles. The van der Waals surface area contributed by atoms with Gasteiger partial charge < -0.3 is 10.5 Å². The van der Waals surface area contributed by atoms with Crippen molar-refractivity contribution in [3.05, 3.63) is 53.5 Å². The summed E-state index contributed by atoms with van der Waals surface area (Å²) in [5, 5.41) is 0. The van der Waals surface area contributed by atoms with Crippen LogP contribution < -0.4 is 10.5 Å². The molecule has 0 radical (unpaired) electrons. The molecule has 21 heavy (non-hydrogen) atoms. The number of carbonyl (C=O) groups excluding carboxylic acids is 1. The van der Waals surface area contributed by atoms with Gasteiger partial charge in [-0.05, 0) is 12.1 Å². The zero-order chi connectivity index (χ0) is 15.6. The second-order valence-electron chi connectivity index (χ2n) is 4.33. The lowest BCUT2D eigenvalue weighted by atomic mass is 10.1. The van der Waals surface area contributed by atoms with E-state index in [1.165, 1.54) is 0 Å². The van der Waals surface area contributed by atoms with Crippen LogP contribution in [0.25, 0.3) is 0 Å². The standard InChI is InChI=1S/C14H11F3N2O2/c1-14(16,17)11-9(15)7-10(19-12(11)13(18)20)21-8-5-3-2-4-6-8/h2-7H,1H3,(H2,18,20). The minimum absolute atomic E-state index is 0.316. The van der Waals surface area contributed by atoms with Crippen molar-refractivity contribution in [2.24, 2.45) is 5.73 Å². The summed E-state index contributed by atoms with van der Waals surface area (Å²) in [6.45, 7) is 0.456. The summed E-state index contributed by atoms with van der Waals surface area (Å²) in [4.78, 5) is 14.8. The van der Waals surface area contributed by atoms with Gasteiger partial charge in [-0.25, -0.2) is 18.2 Å². The fraction of sp³-hybridized carbons (Fsp3) is 0.143. The topological polar surface area (TPSA) is 65.2 Å². The summed E-state index contributed by atoms with van der Waals surface area (Å²) in [5.41, 5.74) is 2.99. The van der Waals surface area contributed by atoms with Crippen molar-refractivity contribution in [1.29, 1.82) is 0 Å². The maximum atomic E-state index is 13.9. The van der Waals surface area contributed by atoms with Gasteiger partial charge in [0.25, 0.3) is 11.8 Å². The molecule has 1 heterocycles. The zero-order valence-corrected chi connectivity index (χ0v) is 10.9. The third kappa shape index (κ3) is 3.31. The van der Waals surface area contributed by atoms with Gasteiger partial charge >= 0.3 is 0 Å². The first kappa shape index (κ1) is 14.8. The Morgan fingerprint density at radius 2 is 1.90 bits per heavy atom. The molecule has 110 valence electrons. The molecule has 0 fully saturated rings. The van der Waals surface area contributed by atoms with Crippen LogP contribution in [-0.4, -0.2) is 10.9 Å². The van der Waals surface area contributed by atoms with Crippen LogP contribution in [0.1, 0.15) is 23.0 Å². The molecule has 2 aromatic rings. The predicted octanol–water partition coefficient (Wildman–Crippen LogP) is 3.22. The second kappa shape index (κ2) is 5.43. The molecule has 0 aliphatic heterocycles.